The van der Waals surface area contributed by atoms with Gasteiger partial charge in [-0.15, -0.1) is 11.3 Å². The van der Waals surface area contributed by atoms with Gasteiger partial charge in [0.25, 0.3) is 0 Å². The number of thiazole rings is 1. The van der Waals surface area contributed by atoms with Crippen LogP contribution in [0, 0.1) is 0 Å². The molecule has 18 heavy (non-hydrogen) atoms. The fraction of sp³-hybridized carbons (Fsp3) is 0.538. The van der Waals surface area contributed by atoms with Crippen molar-refractivity contribution in [3.05, 3.63) is 22.7 Å². The molecular weight excluding hydrogens is 248 g/mol. The van der Waals surface area contributed by atoms with Crippen LogP contribution in [0.4, 0.5) is 4.79 Å². The Morgan fingerprint density at radius 3 is 2.78 bits per heavy atom. The molecule has 0 N–H and O–H groups in total. The van der Waals surface area contributed by atoms with Crippen molar-refractivity contribution in [2.45, 2.75) is 32.8 Å². The van der Waals surface area contributed by atoms with Crippen LogP contribution in [0.3, 0.4) is 0 Å². The average Bonchev–Trinajstić information content (AvgIpc) is 2.80. The van der Waals surface area contributed by atoms with Crippen molar-refractivity contribution in [2.75, 3.05) is 13.1 Å². The molecule has 0 aromatic carbocycles. The molecule has 0 fully saturated rings. The van der Waals surface area contributed by atoms with Crippen molar-refractivity contribution in [3.63, 3.8) is 0 Å². The van der Waals surface area contributed by atoms with Crippen molar-refractivity contribution in [2.24, 2.45) is 0 Å². The summed E-state index contributed by atoms with van der Waals surface area (Å²) in [6, 6.07) is 0. The van der Waals surface area contributed by atoms with E-state index in [2.05, 4.69) is 11.1 Å². The molecule has 0 aliphatic carbocycles. The minimum absolute atomic E-state index is 0.239. The molecule has 0 saturated heterocycles. The lowest BCUT2D eigenvalue weighted by Gasteiger charge is -2.29. The number of rotatable bonds is 1. The van der Waals surface area contributed by atoms with Crippen molar-refractivity contribution >= 4 is 23.0 Å². The van der Waals surface area contributed by atoms with Crippen LogP contribution in [-0.4, -0.2) is 34.7 Å². The highest BCUT2D eigenvalue weighted by molar-refractivity contribution is 7.10. The Morgan fingerprint density at radius 1 is 1.50 bits per heavy atom. The first-order valence-corrected chi connectivity index (χ1v) is 6.90. The van der Waals surface area contributed by atoms with E-state index in [0.29, 0.717) is 13.1 Å². The second-order valence-electron chi connectivity index (χ2n) is 5.24. The van der Waals surface area contributed by atoms with Crippen LogP contribution < -0.4 is 0 Å². The van der Waals surface area contributed by atoms with Gasteiger partial charge < -0.3 is 9.64 Å². The molecular formula is C13H18N2O2S. The summed E-state index contributed by atoms with van der Waals surface area (Å²) in [7, 11) is 0. The predicted octanol–water partition coefficient (Wildman–Crippen LogP) is 3.17. The van der Waals surface area contributed by atoms with Gasteiger partial charge in [-0.3, -0.25) is 0 Å². The molecule has 5 heteroatoms. The highest BCUT2D eigenvalue weighted by atomic mass is 32.1. The third-order valence-corrected chi connectivity index (χ3v) is 3.42. The van der Waals surface area contributed by atoms with Crippen molar-refractivity contribution in [1.82, 2.24) is 9.88 Å². The van der Waals surface area contributed by atoms with Crippen LogP contribution in [0.25, 0.3) is 5.57 Å². The maximum atomic E-state index is 11.9. The molecule has 0 atom stereocenters. The molecule has 1 aromatic rings. The Bertz CT molecular complexity index is 446. The van der Waals surface area contributed by atoms with Gasteiger partial charge >= 0.3 is 6.09 Å². The number of carbonyl (C=O) groups is 1. The number of hydrogen-bond donors (Lipinski definition) is 0. The number of ether oxygens (including phenoxy) is 1. The first kappa shape index (κ1) is 13.1. The van der Waals surface area contributed by atoms with E-state index in [9.17, 15) is 4.79 Å². The zero-order chi connectivity index (χ0) is 13.2. The Morgan fingerprint density at radius 2 is 2.28 bits per heavy atom. The van der Waals surface area contributed by atoms with Crippen LogP contribution in [0.1, 0.15) is 32.2 Å². The zero-order valence-corrected chi connectivity index (χ0v) is 11.8. The van der Waals surface area contributed by atoms with Crippen LogP contribution in [-0.2, 0) is 4.74 Å². The molecule has 0 spiro atoms. The minimum Gasteiger partial charge on any atom is -0.444 e. The number of aromatic nitrogens is 1. The first-order chi connectivity index (χ1) is 8.46. The highest BCUT2D eigenvalue weighted by Crippen LogP contribution is 2.24. The van der Waals surface area contributed by atoms with Crippen LogP contribution in [0.2, 0.25) is 0 Å². The van der Waals surface area contributed by atoms with E-state index in [0.717, 1.165) is 11.4 Å². The van der Waals surface area contributed by atoms with E-state index >= 15 is 0 Å². The van der Waals surface area contributed by atoms with Gasteiger partial charge in [0, 0.05) is 24.7 Å². The van der Waals surface area contributed by atoms with Gasteiger partial charge in [0.05, 0.1) is 0 Å². The summed E-state index contributed by atoms with van der Waals surface area (Å²) in [5.74, 6) is 0. The zero-order valence-electron chi connectivity index (χ0n) is 11.0. The molecule has 1 amide bonds. The second-order valence-corrected chi connectivity index (χ2v) is 6.14. The summed E-state index contributed by atoms with van der Waals surface area (Å²) in [6.07, 6.45) is 4.47. The average molecular weight is 266 g/mol. The lowest BCUT2D eigenvalue weighted by atomic mass is 10.1. The molecule has 1 aliphatic rings. The normalized spacial score (nSPS) is 16.4. The molecule has 4 nitrogen and oxygen atoms in total. The summed E-state index contributed by atoms with van der Waals surface area (Å²) >= 11 is 1.63. The SMILES string of the molecule is CC(C)(C)OC(=O)N1CC=C(c2nccs2)CC1. The van der Waals surface area contributed by atoms with E-state index < -0.39 is 5.60 Å². The van der Waals surface area contributed by atoms with Gasteiger partial charge in [0.2, 0.25) is 0 Å². The summed E-state index contributed by atoms with van der Waals surface area (Å²) in [4.78, 5) is 17.9. The second kappa shape index (κ2) is 5.10. The number of carbonyl (C=O) groups excluding carboxylic acids is 1. The van der Waals surface area contributed by atoms with E-state index in [1.807, 2.05) is 26.2 Å². The van der Waals surface area contributed by atoms with E-state index in [1.54, 1.807) is 22.4 Å². The maximum Gasteiger partial charge on any atom is 0.410 e. The van der Waals surface area contributed by atoms with Crippen LogP contribution in [0.15, 0.2) is 17.7 Å². The molecule has 1 aromatic heterocycles. The van der Waals surface area contributed by atoms with Crippen LogP contribution >= 0.6 is 11.3 Å². The Kier molecular flexibility index (Phi) is 3.71. The molecule has 0 bridgehead atoms. The monoisotopic (exact) mass is 266 g/mol. The standard InChI is InChI=1S/C13H18N2O2S/c1-13(2,3)17-12(16)15-7-4-10(5-8-15)11-14-6-9-18-11/h4,6,9H,5,7-8H2,1-3H3. The maximum absolute atomic E-state index is 11.9. The lowest BCUT2D eigenvalue weighted by Crippen LogP contribution is -2.39. The first-order valence-electron chi connectivity index (χ1n) is 6.02. The topological polar surface area (TPSA) is 42.4 Å². The number of nitrogens with zero attached hydrogens (tertiary/aromatic N) is 2. The van der Waals surface area contributed by atoms with Crippen LogP contribution in [0.5, 0.6) is 0 Å². The smallest absolute Gasteiger partial charge is 0.410 e. The van der Waals surface area contributed by atoms with E-state index in [1.165, 1.54) is 5.57 Å². The van der Waals surface area contributed by atoms with Gasteiger partial charge in [0.1, 0.15) is 10.6 Å². The number of hydrogen-bond acceptors (Lipinski definition) is 4. The molecule has 98 valence electrons. The summed E-state index contributed by atoms with van der Waals surface area (Å²) in [6.45, 7) is 6.94. The largest absolute Gasteiger partial charge is 0.444 e. The number of amides is 1. The van der Waals surface area contributed by atoms with Gasteiger partial charge in [-0.2, -0.15) is 0 Å². The summed E-state index contributed by atoms with van der Waals surface area (Å²) in [5, 5.41) is 3.02. The molecule has 0 unspecified atom stereocenters. The summed E-state index contributed by atoms with van der Waals surface area (Å²) < 4.78 is 5.35. The molecule has 0 saturated carbocycles. The molecule has 2 rings (SSSR count). The van der Waals surface area contributed by atoms with Crippen molar-refractivity contribution in [3.8, 4) is 0 Å². The molecule has 0 radical (unpaired) electrons. The highest BCUT2D eigenvalue weighted by Gasteiger charge is 2.24. The van der Waals surface area contributed by atoms with Gasteiger partial charge in [0.15, 0.2) is 0 Å². The summed E-state index contributed by atoms with van der Waals surface area (Å²) in [5.41, 5.74) is 0.793. The predicted molar refractivity (Wildman–Crippen MR) is 72.5 cm³/mol. The fourth-order valence-electron chi connectivity index (χ4n) is 1.74. The van der Waals surface area contributed by atoms with E-state index in [-0.39, 0.29) is 6.09 Å². The lowest BCUT2D eigenvalue weighted by molar-refractivity contribution is 0.0270. The Labute approximate surface area is 111 Å². The van der Waals surface area contributed by atoms with E-state index in [4.69, 9.17) is 4.74 Å². The van der Waals surface area contributed by atoms with Crippen molar-refractivity contribution < 1.29 is 9.53 Å². The van der Waals surface area contributed by atoms with Crippen molar-refractivity contribution in [1.29, 1.82) is 0 Å². The van der Waals surface area contributed by atoms with Gasteiger partial charge in [-0.05, 0) is 32.8 Å². The third-order valence-electron chi connectivity index (χ3n) is 2.57. The van der Waals surface area contributed by atoms with Gasteiger partial charge in [-0.1, -0.05) is 6.08 Å². The Balaban J connectivity index is 1.96. The Hall–Kier alpha value is -1.36. The quantitative estimate of drug-likeness (QED) is 0.784. The molecule has 1 aliphatic heterocycles. The van der Waals surface area contributed by atoms with Gasteiger partial charge in [-0.25, -0.2) is 9.78 Å². The fourth-order valence-corrected chi connectivity index (χ4v) is 2.45. The minimum atomic E-state index is -0.434. The molecule has 2 heterocycles. The third kappa shape index (κ3) is 3.32.